The van der Waals surface area contributed by atoms with E-state index in [2.05, 4.69) is 14.4 Å². The molecule has 1 aromatic heterocycles. The maximum atomic E-state index is 13.0. The number of thioether (sulfide) groups is 1. The highest BCUT2D eigenvalue weighted by Gasteiger charge is 2.64. The van der Waals surface area contributed by atoms with E-state index in [1.165, 1.54) is 12.1 Å². The maximum absolute atomic E-state index is 13.0. The molecule has 34 heavy (non-hydrogen) atoms. The molecule has 3 N–H and O–H groups in total. The van der Waals surface area contributed by atoms with Gasteiger partial charge >= 0.3 is 18.1 Å². The second kappa shape index (κ2) is 8.43. The number of nitrogens with zero attached hydrogens (tertiary/aromatic N) is 1. The predicted octanol–water partition coefficient (Wildman–Crippen LogP) is 3.05. The molecule has 182 valence electrons. The van der Waals surface area contributed by atoms with E-state index in [1.54, 1.807) is 18.2 Å². The number of nitrogens with one attached hydrogen (secondary N) is 1. The maximum Gasteiger partial charge on any atom is 0.452 e. The summed E-state index contributed by atoms with van der Waals surface area (Å²) < 4.78 is 69.6. The Hall–Kier alpha value is -2.84. The molecule has 1 aliphatic heterocycles. The van der Waals surface area contributed by atoms with Gasteiger partial charge in [0.15, 0.2) is 0 Å². The number of sulfonamides is 1. The molecule has 0 amide bonds. The number of aliphatic carboxylic acids is 2. The number of allylic oxidation sites excluding steroid dienone is 1. The van der Waals surface area contributed by atoms with E-state index in [0.717, 1.165) is 11.8 Å². The van der Waals surface area contributed by atoms with Crippen molar-refractivity contribution in [3.05, 3.63) is 59.0 Å². The second-order valence-electron chi connectivity index (χ2n) is 7.92. The van der Waals surface area contributed by atoms with Crippen LogP contribution in [-0.2, 0) is 32.2 Å². The summed E-state index contributed by atoms with van der Waals surface area (Å²) in [6.45, 7) is 0. The molecule has 1 aromatic carbocycles. The Morgan fingerprint density at radius 1 is 1.26 bits per heavy atom. The summed E-state index contributed by atoms with van der Waals surface area (Å²) in [4.78, 5) is 23.2. The van der Waals surface area contributed by atoms with E-state index in [0.29, 0.717) is 17.2 Å². The first kappa shape index (κ1) is 24.3. The van der Waals surface area contributed by atoms with Crippen LogP contribution in [0.5, 0.6) is 0 Å². The van der Waals surface area contributed by atoms with Gasteiger partial charge < -0.3 is 14.7 Å². The lowest BCUT2D eigenvalue weighted by molar-refractivity contribution is -0.155. The van der Waals surface area contributed by atoms with Gasteiger partial charge in [-0.05, 0) is 24.0 Å². The van der Waals surface area contributed by atoms with Gasteiger partial charge in [0.1, 0.15) is 15.8 Å². The van der Waals surface area contributed by atoms with Crippen molar-refractivity contribution < 1.29 is 45.9 Å². The summed E-state index contributed by atoms with van der Waals surface area (Å²) in [7, 11) is -4.23. The molecule has 2 aromatic rings. The van der Waals surface area contributed by atoms with E-state index in [9.17, 15) is 36.3 Å². The zero-order valence-corrected chi connectivity index (χ0v) is 18.7. The van der Waals surface area contributed by atoms with E-state index < -0.39 is 49.9 Å². The summed E-state index contributed by atoms with van der Waals surface area (Å²) in [6.07, 6.45) is -3.71. The van der Waals surface area contributed by atoms with Gasteiger partial charge in [-0.1, -0.05) is 35.5 Å². The van der Waals surface area contributed by atoms with E-state index >= 15 is 0 Å². The molecule has 0 spiro atoms. The van der Waals surface area contributed by atoms with Crippen molar-refractivity contribution in [1.82, 2.24) is 9.88 Å². The van der Waals surface area contributed by atoms with Crippen LogP contribution in [0.1, 0.15) is 41.3 Å². The van der Waals surface area contributed by atoms with Gasteiger partial charge in [0.2, 0.25) is 15.8 Å². The van der Waals surface area contributed by atoms with Crippen molar-refractivity contribution in [2.75, 3.05) is 0 Å². The monoisotopic (exact) mass is 518 g/mol. The quantitative estimate of drug-likeness (QED) is 0.480. The van der Waals surface area contributed by atoms with Crippen LogP contribution in [0, 0.1) is 0 Å². The van der Waals surface area contributed by atoms with Crippen LogP contribution in [0.15, 0.2) is 40.9 Å². The topological polar surface area (TPSA) is 147 Å². The molecular formula is C20H17F3N2O7S2. The Labute approximate surface area is 195 Å². The van der Waals surface area contributed by atoms with Crippen molar-refractivity contribution in [3.63, 3.8) is 0 Å². The zero-order valence-electron chi connectivity index (χ0n) is 17.1. The van der Waals surface area contributed by atoms with Crippen molar-refractivity contribution in [2.45, 2.75) is 41.5 Å². The summed E-state index contributed by atoms with van der Waals surface area (Å²) >= 11 is 0.744. The fourth-order valence-corrected chi connectivity index (χ4v) is 6.94. The van der Waals surface area contributed by atoms with Crippen LogP contribution < -0.4 is 4.72 Å². The van der Waals surface area contributed by atoms with Crippen LogP contribution in [0.2, 0.25) is 0 Å². The lowest BCUT2D eigenvalue weighted by atomic mass is 10.0. The normalized spacial score (nSPS) is 24.6. The smallest absolute Gasteiger partial charge is 0.452 e. The van der Waals surface area contributed by atoms with Crippen LogP contribution >= 0.6 is 11.8 Å². The Bertz CT molecular complexity index is 1290. The summed E-state index contributed by atoms with van der Waals surface area (Å²) in [5, 5.41) is 22.1. The minimum absolute atomic E-state index is 0.0337. The average molecular weight is 518 g/mol. The first-order chi connectivity index (χ1) is 15.8. The number of halogens is 3. The van der Waals surface area contributed by atoms with E-state index in [-0.39, 0.29) is 29.9 Å². The fourth-order valence-electron chi connectivity index (χ4n) is 3.79. The van der Waals surface area contributed by atoms with Crippen LogP contribution in [0.25, 0.3) is 4.91 Å². The van der Waals surface area contributed by atoms with Crippen LogP contribution in [-0.4, -0.2) is 45.8 Å². The summed E-state index contributed by atoms with van der Waals surface area (Å²) in [5.41, 5.74) is -1.03. The number of rotatable bonds is 8. The van der Waals surface area contributed by atoms with Gasteiger partial charge in [-0.25, -0.2) is 8.42 Å². The molecule has 1 saturated carbocycles. The Kier molecular flexibility index (Phi) is 6.02. The lowest BCUT2D eigenvalue weighted by Gasteiger charge is -2.19. The number of carbonyl (C=O) groups is 2. The number of hydrogen-bond acceptors (Lipinski definition) is 7. The van der Waals surface area contributed by atoms with Gasteiger partial charge in [-0.15, -0.1) is 11.8 Å². The van der Waals surface area contributed by atoms with Crippen molar-refractivity contribution in [3.8, 4) is 0 Å². The van der Waals surface area contributed by atoms with Gasteiger partial charge in [-0.2, -0.15) is 17.9 Å². The minimum atomic E-state index is -4.74. The highest BCUT2D eigenvalue weighted by molar-refractivity contribution is 8.18. The second-order valence-corrected chi connectivity index (χ2v) is 11.3. The molecule has 14 heteroatoms. The zero-order chi connectivity index (χ0) is 24.9. The first-order valence-corrected chi connectivity index (χ1v) is 12.2. The van der Waals surface area contributed by atoms with Crippen LogP contribution in [0.3, 0.4) is 0 Å². The van der Waals surface area contributed by atoms with Crippen molar-refractivity contribution in [1.29, 1.82) is 0 Å². The molecule has 0 bridgehead atoms. The number of carboxylic acid groups (broad SMARTS) is 2. The Balaban J connectivity index is 1.49. The average Bonchev–Trinajstić information content (AvgIpc) is 3.10. The van der Waals surface area contributed by atoms with Gasteiger partial charge in [0, 0.05) is 16.9 Å². The number of benzene rings is 1. The third-order valence-electron chi connectivity index (χ3n) is 5.52. The molecule has 9 nitrogen and oxygen atoms in total. The van der Waals surface area contributed by atoms with Crippen molar-refractivity contribution >= 4 is 38.6 Å². The van der Waals surface area contributed by atoms with E-state index in [1.807, 2.05) is 0 Å². The molecule has 0 saturated heterocycles. The van der Waals surface area contributed by atoms with Crippen molar-refractivity contribution in [2.24, 2.45) is 0 Å². The number of hydrogen-bond donors (Lipinski definition) is 3. The Morgan fingerprint density at radius 2 is 2.00 bits per heavy atom. The number of aromatic nitrogens is 1. The highest BCUT2D eigenvalue weighted by Crippen LogP contribution is 2.53. The minimum Gasteiger partial charge on any atom is -0.481 e. The van der Waals surface area contributed by atoms with Gasteiger partial charge in [-0.3, -0.25) is 9.59 Å². The van der Waals surface area contributed by atoms with E-state index in [4.69, 9.17) is 5.11 Å². The van der Waals surface area contributed by atoms with Crippen LogP contribution in [0.4, 0.5) is 13.2 Å². The standard InChI is InChI=1S/C20H17F3N2O7S2/c21-20(22,23)15-8-13(24-32-15)14-4-5-17(33-14)34(30,31)25-19(18(28)29)9-12(19)11-3-1-2-10(6-11)7-16(26)27/h1-4,6,8,12,17,25H,5,7,9H2,(H,26,27)(H,28,29). The molecule has 0 radical (unpaired) electrons. The third-order valence-corrected chi connectivity index (χ3v) is 9.19. The molecule has 3 atom stereocenters. The fraction of sp³-hybridized carbons (Fsp3) is 0.350. The molecular weight excluding hydrogens is 501 g/mol. The molecule has 1 aliphatic carbocycles. The number of carboxylic acids is 2. The summed E-state index contributed by atoms with van der Waals surface area (Å²) in [5.74, 6) is -4.47. The summed E-state index contributed by atoms with van der Waals surface area (Å²) in [6, 6.07) is 6.94. The largest absolute Gasteiger partial charge is 0.481 e. The molecule has 3 unspecified atom stereocenters. The SMILES string of the molecule is O=C(O)Cc1cccc(C2CC2(NS(=O)(=O)C2CC=C(c3cc(C(F)(F)F)on3)S2)C(=O)O)c1. The highest BCUT2D eigenvalue weighted by atomic mass is 32.3. The molecule has 1 fully saturated rings. The first-order valence-electron chi connectivity index (χ1n) is 9.80. The molecule has 2 heterocycles. The molecule has 2 aliphatic rings. The van der Waals surface area contributed by atoms with Gasteiger partial charge in [0.25, 0.3) is 0 Å². The third kappa shape index (κ3) is 4.70. The lowest BCUT2D eigenvalue weighted by Crippen LogP contribution is -2.47. The molecule has 4 rings (SSSR count). The Morgan fingerprint density at radius 3 is 2.62 bits per heavy atom. The predicted molar refractivity (Wildman–Crippen MR) is 113 cm³/mol. The van der Waals surface area contributed by atoms with Gasteiger partial charge in [0.05, 0.1) is 6.42 Å². The number of alkyl halides is 3.